The number of nitrogens with two attached hydrogens (primary N) is 1. The summed E-state index contributed by atoms with van der Waals surface area (Å²) < 4.78 is 15.9. The van der Waals surface area contributed by atoms with Gasteiger partial charge in [0.25, 0.3) is 0 Å². The second-order valence-electron chi connectivity index (χ2n) is 3.83. The highest BCUT2D eigenvalue weighted by atomic mass is 16.5. The van der Waals surface area contributed by atoms with Crippen molar-refractivity contribution in [1.82, 2.24) is 5.32 Å². The van der Waals surface area contributed by atoms with Crippen molar-refractivity contribution in [3.05, 3.63) is 0 Å². The van der Waals surface area contributed by atoms with Gasteiger partial charge in [-0.1, -0.05) is 13.3 Å². The normalized spacial score (nSPS) is 10.7. The lowest BCUT2D eigenvalue weighted by Gasteiger charge is -2.06. The highest BCUT2D eigenvalue weighted by molar-refractivity contribution is 5.75. The quantitative estimate of drug-likeness (QED) is 0.428. The molecule has 0 aliphatic carbocycles. The van der Waals surface area contributed by atoms with Gasteiger partial charge in [-0.05, 0) is 6.42 Å². The smallest absolute Gasteiger partial charge is 0.231 e. The van der Waals surface area contributed by atoms with Crippen LogP contribution in [0.2, 0.25) is 0 Å². The molecule has 0 radical (unpaired) electrons. The Morgan fingerprint density at radius 1 is 1.00 bits per heavy atom. The average Bonchev–Trinajstić information content (AvgIpc) is 2.34. The fraction of sp³-hybridized carbons (Fsp3) is 0.917. The summed E-state index contributed by atoms with van der Waals surface area (Å²) in [4.78, 5) is 10.4. The largest absolute Gasteiger partial charge is 0.379 e. The Labute approximate surface area is 109 Å². The number of carbonyl (C=O) groups is 1. The number of hydrogen-bond donors (Lipinski definition) is 2. The van der Waals surface area contributed by atoms with Gasteiger partial charge < -0.3 is 25.3 Å². The molecule has 0 fully saturated rings. The van der Waals surface area contributed by atoms with Crippen LogP contribution in [0.5, 0.6) is 0 Å². The second kappa shape index (κ2) is 14.4. The van der Waals surface area contributed by atoms with E-state index in [1.807, 2.05) is 0 Å². The molecule has 1 amide bonds. The Balaban J connectivity index is 2.92. The van der Waals surface area contributed by atoms with Crippen molar-refractivity contribution in [3.8, 4) is 0 Å². The lowest BCUT2D eigenvalue weighted by atomic mass is 10.4. The predicted molar refractivity (Wildman–Crippen MR) is 69.4 cm³/mol. The molecule has 0 aromatic rings. The summed E-state index contributed by atoms with van der Waals surface area (Å²) in [6.45, 7) is 6.65. The maximum Gasteiger partial charge on any atom is 0.231 e. The van der Waals surface area contributed by atoms with Crippen molar-refractivity contribution in [2.24, 2.45) is 5.73 Å². The number of ether oxygens (including phenoxy) is 3. The van der Waals surface area contributed by atoms with Gasteiger partial charge in [-0.3, -0.25) is 4.79 Å². The SMILES string of the molecule is CCCCOCCOCCOCCNCC(N)=O. The molecule has 6 nitrogen and oxygen atoms in total. The van der Waals surface area contributed by atoms with Crippen LogP contribution in [0.25, 0.3) is 0 Å². The van der Waals surface area contributed by atoms with Crippen LogP contribution >= 0.6 is 0 Å². The molecule has 0 aliphatic heterocycles. The van der Waals surface area contributed by atoms with Crippen LogP contribution in [0.4, 0.5) is 0 Å². The van der Waals surface area contributed by atoms with Gasteiger partial charge in [0.1, 0.15) is 0 Å². The molecule has 18 heavy (non-hydrogen) atoms. The summed E-state index contributed by atoms with van der Waals surface area (Å²) in [6, 6.07) is 0. The standard InChI is InChI=1S/C12H26N2O4/c1-2-3-5-16-7-9-18-10-8-17-6-4-14-11-12(13)15/h14H,2-11H2,1H3,(H2,13,15). The molecule has 0 bridgehead atoms. The molecule has 0 aromatic carbocycles. The molecule has 0 rings (SSSR count). The van der Waals surface area contributed by atoms with E-state index in [-0.39, 0.29) is 12.5 Å². The number of carbonyl (C=O) groups excluding carboxylic acids is 1. The number of nitrogens with one attached hydrogen (secondary N) is 1. The first-order chi connectivity index (χ1) is 8.77. The zero-order valence-electron chi connectivity index (χ0n) is 11.3. The van der Waals surface area contributed by atoms with Gasteiger partial charge in [-0.2, -0.15) is 0 Å². The van der Waals surface area contributed by atoms with Crippen molar-refractivity contribution in [1.29, 1.82) is 0 Å². The first-order valence-electron chi connectivity index (χ1n) is 6.49. The first-order valence-corrected chi connectivity index (χ1v) is 6.49. The summed E-state index contributed by atoms with van der Waals surface area (Å²) in [7, 11) is 0. The molecule has 0 saturated carbocycles. The Morgan fingerprint density at radius 2 is 1.56 bits per heavy atom. The zero-order valence-corrected chi connectivity index (χ0v) is 11.3. The lowest BCUT2D eigenvalue weighted by Crippen LogP contribution is -2.31. The Hall–Kier alpha value is -0.690. The van der Waals surface area contributed by atoms with Gasteiger partial charge in [-0.15, -0.1) is 0 Å². The van der Waals surface area contributed by atoms with Gasteiger partial charge in [-0.25, -0.2) is 0 Å². The molecule has 108 valence electrons. The minimum atomic E-state index is -0.360. The zero-order chi connectivity index (χ0) is 13.5. The molecular weight excluding hydrogens is 236 g/mol. The third kappa shape index (κ3) is 15.3. The third-order valence-corrected chi connectivity index (χ3v) is 2.11. The molecule has 3 N–H and O–H groups in total. The topological polar surface area (TPSA) is 82.8 Å². The maximum atomic E-state index is 10.4. The summed E-state index contributed by atoms with van der Waals surface area (Å²) in [5, 5.41) is 2.86. The van der Waals surface area contributed by atoms with E-state index in [1.165, 1.54) is 0 Å². The maximum absolute atomic E-state index is 10.4. The number of amides is 1. The fourth-order valence-corrected chi connectivity index (χ4v) is 1.14. The summed E-state index contributed by atoms with van der Waals surface area (Å²) in [5.74, 6) is -0.360. The van der Waals surface area contributed by atoms with Crippen LogP contribution in [0.3, 0.4) is 0 Å². The number of hydrogen-bond acceptors (Lipinski definition) is 5. The van der Waals surface area contributed by atoms with Crippen molar-refractivity contribution in [2.75, 3.05) is 52.7 Å². The van der Waals surface area contributed by atoms with E-state index in [0.717, 1.165) is 19.4 Å². The van der Waals surface area contributed by atoms with E-state index < -0.39 is 0 Å². The third-order valence-electron chi connectivity index (χ3n) is 2.11. The summed E-state index contributed by atoms with van der Waals surface area (Å²) in [5.41, 5.74) is 4.96. The molecule has 0 aromatic heterocycles. The molecular formula is C12H26N2O4. The molecule has 0 aliphatic rings. The number of unbranched alkanes of at least 4 members (excludes halogenated alkanes) is 1. The van der Waals surface area contributed by atoms with E-state index in [2.05, 4.69) is 12.2 Å². The van der Waals surface area contributed by atoms with Crippen LogP contribution in [0, 0.1) is 0 Å². The fourth-order valence-electron chi connectivity index (χ4n) is 1.14. The Morgan fingerprint density at radius 3 is 2.11 bits per heavy atom. The average molecular weight is 262 g/mol. The van der Waals surface area contributed by atoms with Crippen LogP contribution in [-0.4, -0.2) is 58.6 Å². The molecule has 0 spiro atoms. The van der Waals surface area contributed by atoms with Gasteiger partial charge in [0.2, 0.25) is 5.91 Å². The van der Waals surface area contributed by atoms with Crippen molar-refractivity contribution in [3.63, 3.8) is 0 Å². The van der Waals surface area contributed by atoms with Crippen molar-refractivity contribution < 1.29 is 19.0 Å². The summed E-state index contributed by atoms with van der Waals surface area (Å²) in [6.07, 6.45) is 2.25. The van der Waals surface area contributed by atoms with E-state index in [0.29, 0.717) is 39.6 Å². The van der Waals surface area contributed by atoms with Crippen molar-refractivity contribution >= 4 is 5.91 Å². The molecule has 6 heteroatoms. The van der Waals surface area contributed by atoms with Crippen LogP contribution in [0.15, 0.2) is 0 Å². The number of rotatable bonds is 14. The van der Waals surface area contributed by atoms with E-state index in [4.69, 9.17) is 19.9 Å². The van der Waals surface area contributed by atoms with E-state index >= 15 is 0 Å². The Bertz CT molecular complexity index is 191. The molecule has 0 saturated heterocycles. The summed E-state index contributed by atoms with van der Waals surface area (Å²) >= 11 is 0. The highest BCUT2D eigenvalue weighted by Crippen LogP contribution is 1.87. The van der Waals surface area contributed by atoms with Gasteiger partial charge >= 0.3 is 0 Å². The van der Waals surface area contributed by atoms with Gasteiger partial charge in [0.05, 0.1) is 39.6 Å². The monoisotopic (exact) mass is 262 g/mol. The van der Waals surface area contributed by atoms with E-state index in [1.54, 1.807) is 0 Å². The van der Waals surface area contributed by atoms with Crippen LogP contribution in [0.1, 0.15) is 19.8 Å². The van der Waals surface area contributed by atoms with Crippen molar-refractivity contribution in [2.45, 2.75) is 19.8 Å². The van der Waals surface area contributed by atoms with Crippen LogP contribution in [-0.2, 0) is 19.0 Å². The minimum Gasteiger partial charge on any atom is -0.379 e. The lowest BCUT2D eigenvalue weighted by molar-refractivity contribution is -0.117. The van der Waals surface area contributed by atoms with Crippen LogP contribution < -0.4 is 11.1 Å². The molecule has 0 heterocycles. The molecule has 0 unspecified atom stereocenters. The first kappa shape index (κ1) is 17.3. The second-order valence-corrected chi connectivity index (χ2v) is 3.83. The van der Waals surface area contributed by atoms with E-state index in [9.17, 15) is 4.79 Å². The van der Waals surface area contributed by atoms with Gasteiger partial charge in [0.15, 0.2) is 0 Å². The molecule has 0 atom stereocenters. The highest BCUT2D eigenvalue weighted by Gasteiger charge is 1.93. The predicted octanol–water partition coefficient (Wildman–Crippen LogP) is -0.0888. The minimum absolute atomic E-state index is 0.189. The number of primary amides is 1. The Kier molecular flexibility index (Phi) is 13.8. The van der Waals surface area contributed by atoms with Gasteiger partial charge in [0, 0.05) is 13.2 Å².